The molecule has 0 amide bonds. The quantitative estimate of drug-likeness (QED) is 0.714. The predicted molar refractivity (Wildman–Crippen MR) is 52.1 cm³/mol. The van der Waals surface area contributed by atoms with Gasteiger partial charge in [0.1, 0.15) is 4.99 Å². The summed E-state index contributed by atoms with van der Waals surface area (Å²) in [6.45, 7) is 4.01. The summed E-state index contributed by atoms with van der Waals surface area (Å²) in [6, 6.07) is 0. The lowest BCUT2D eigenvalue weighted by Gasteiger charge is -1.89. The maximum Gasteiger partial charge on any atom is 0.116 e. The number of rotatable bonds is 2. The summed E-state index contributed by atoms with van der Waals surface area (Å²) in [5, 5.41) is 1.10. The van der Waals surface area contributed by atoms with Crippen LogP contribution in [0.25, 0.3) is 0 Å². The highest BCUT2D eigenvalue weighted by molar-refractivity contribution is 7.81. The molecule has 0 bridgehead atoms. The molecule has 2 nitrogen and oxygen atoms in total. The first kappa shape index (κ1) is 8.62. The number of nitrogens with two attached hydrogens (primary N) is 1. The lowest BCUT2D eigenvalue weighted by molar-refractivity contribution is 1.07. The molecule has 0 saturated carbocycles. The number of hydrogen-bond donors (Lipinski definition) is 1. The highest BCUT2D eigenvalue weighted by Gasteiger charge is 2.07. The fraction of sp³-hybridized carbons (Fsp3) is 0.429. The SMILES string of the molecule is CCc1nc(C)c(C(N)=S)s1. The minimum absolute atomic E-state index is 0.458. The zero-order chi connectivity index (χ0) is 8.43. The lowest BCUT2D eigenvalue weighted by Crippen LogP contribution is -2.08. The van der Waals surface area contributed by atoms with Gasteiger partial charge in [-0.3, -0.25) is 0 Å². The van der Waals surface area contributed by atoms with E-state index in [4.69, 9.17) is 18.0 Å². The monoisotopic (exact) mass is 186 g/mol. The van der Waals surface area contributed by atoms with E-state index in [1.54, 1.807) is 11.3 Å². The molecule has 60 valence electrons. The van der Waals surface area contributed by atoms with E-state index in [9.17, 15) is 0 Å². The van der Waals surface area contributed by atoms with Gasteiger partial charge in [-0.2, -0.15) is 0 Å². The molecule has 1 heterocycles. The number of thiazole rings is 1. The van der Waals surface area contributed by atoms with Crippen molar-refractivity contribution in [2.24, 2.45) is 5.73 Å². The van der Waals surface area contributed by atoms with Crippen LogP contribution in [0.15, 0.2) is 0 Å². The number of hydrogen-bond acceptors (Lipinski definition) is 3. The van der Waals surface area contributed by atoms with Gasteiger partial charge in [0.05, 0.1) is 15.6 Å². The Morgan fingerprint density at radius 2 is 2.36 bits per heavy atom. The first-order valence-electron chi connectivity index (χ1n) is 3.41. The minimum Gasteiger partial charge on any atom is -0.389 e. The second-order valence-corrected chi connectivity index (χ2v) is 3.76. The van der Waals surface area contributed by atoms with Crippen molar-refractivity contribution in [2.75, 3.05) is 0 Å². The zero-order valence-electron chi connectivity index (χ0n) is 6.55. The lowest BCUT2D eigenvalue weighted by atomic mass is 10.4. The molecule has 11 heavy (non-hydrogen) atoms. The Morgan fingerprint density at radius 3 is 2.64 bits per heavy atom. The third-order valence-electron chi connectivity index (χ3n) is 1.37. The van der Waals surface area contributed by atoms with Crippen molar-refractivity contribution in [1.82, 2.24) is 4.98 Å². The second kappa shape index (κ2) is 3.28. The van der Waals surface area contributed by atoms with E-state index in [1.165, 1.54) is 0 Å². The average Bonchev–Trinajstić information content (AvgIpc) is 2.30. The van der Waals surface area contributed by atoms with Crippen LogP contribution in [0.5, 0.6) is 0 Å². The molecule has 4 heteroatoms. The van der Waals surface area contributed by atoms with E-state index in [1.807, 2.05) is 6.92 Å². The van der Waals surface area contributed by atoms with E-state index >= 15 is 0 Å². The van der Waals surface area contributed by atoms with Crippen LogP contribution >= 0.6 is 23.6 Å². The van der Waals surface area contributed by atoms with Crippen LogP contribution < -0.4 is 5.73 Å². The molecule has 0 radical (unpaired) electrons. The Bertz CT molecular complexity index is 278. The van der Waals surface area contributed by atoms with Crippen molar-refractivity contribution < 1.29 is 0 Å². The molecule has 0 atom stereocenters. The van der Waals surface area contributed by atoms with Gasteiger partial charge in [-0.15, -0.1) is 11.3 Å². The molecule has 0 saturated heterocycles. The summed E-state index contributed by atoms with van der Waals surface area (Å²) in [5.74, 6) is 0. The van der Waals surface area contributed by atoms with Crippen LogP contribution in [-0.4, -0.2) is 9.97 Å². The van der Waals surface area contributed by atoms with Gasteiger partial charge in [-0.1, -0.05) is 19.1 Å². The van der Waals surface area contributed by atoms with E-state index in [0.29, 0.717) is 4.99 Å². The van der Waals surface area contributed by atoms with Crippen molar-refractivity contribution in [1.29, 1.82) is 0 Å². The minimum atomic E-state index is 0.458. The van der Waals surface area contributed by atoms with Crippen LogP contribution in [-0.2, 0) is 6.42 Å². The summed E-state index contributed by atoms with van der Waals surface area (Å²) in [4.78, 5) is 5.71. The fourth-order valence-corrected chi connectivity index (χ4v) is 1.96. The highest BCUT2D eigenvalue weighted by atomic mass is 32.1. The van der Waals surface area contributed by atoms with Crippen LogP contribution in [0.2, 0.25) is 0 Å². The summed E-state index contributed by atoms with van der Waals surface area (Å²) >= 11 is 6.45. The van der Waals surface area contributed by atoms with Gasteiger partial charge in [0, 0.05) is 0 Å². The molecule has 0 spiro atoms. The second-order valence-electron chi connectivity index (χ2n) is 2.24. The van der Waals surface area contributed by atoms with Crippen molar-refractivity contribution in [3.63, 3.8) is 0 Å². The Balaban J connectivity index is 3.07. The standard InChI is InChI=1S/C7H10N2S2/c1-3-5-9-4(2)6(11-5)7(8)10/h3H2,1-2H3,(H2,8,10). The molecule has 0 aromatic carbocycles. The van der Waals surface area contributed by atoms with Gasteiger partial charge in [0.15, 0.2) is 0 Å². The summed E-state index contributed by atoms with van der Waals surface area (Å²) in [5.41, 5.74) is 6.44. The molecule has 0 aliphatic rings. The summed E-state index contributed by atoms with van der Waals surface area (Å²) in [6.07, 6.45) is 0.952. The van der Waals surface area contributed by atoms with Gasteiger partial charge >= 0.3 is 0 Å². The number of nitrogens with zero attached hydrogens (tertiary/aromatic N) is 1. The molecule has 0 aliphatic heterocycles. The maximum atomic E-state index is 5.48. The fourth-order valence-electron chi connectivity index (χ4n) is 0.832. The van der Waals surface area contributed by atoms with Crippen LogP contribution in [0.3, 0.4) is 0 Å². The van der Waals surface area contributed by atoms with Crippen molar-refractivity contribution in [3.8, 4) is 0 Å². The topological polar surface area (TPSA) is 38.9 Å². The van der Waals surface area contributed by atoms with Gasteiger partial charge in [-0.25, -0.2) is 4.98 Å². The molecule has 1 aromatic heterocycles. The van der Waals surface area contributed by atoms with E-state index in [0.717, 1.165) is 22.0 Å². The van der Waals surface area contributed by atoms with Crippen molar-refractivity contribution in [3.05, 3.63) is 15.6 Å². The van der Waals surface area contributed by atoms with Crippen LogP contribution in [0.1, 0.15) is 22.5 Å². The molecule has 0 unspecified atom stereocenters. The van der Waals surface area contributed by atoms with E-state index in [-0.39, 0.29) is 0 Å². The van der Waals surface area contributed by atoms with Crippen molar-refractivity contribution in [2.45, 2.75) is 20.3 Å². The highest BCUT2D eigenvalue weighted by Crippen LogP contribution is 2.17. The first-order chi connectivity index (χ1) is 5.15. The predicted octanol–water partition coefficient (Wildman–Crippen LogP) is 1.65. The smallest absolute Gasteiger partial charge is 0.116 e. The zero-order valence-corrected chi connectivity index (χ0v) is 8.18. The molecule has 0 aliphatic carbocycles. The average molecular weight is 186 g/mol. The maximum absolute atomic E-state index is 5.48. The largest absolute Gasteiger partial charge is 0.389 e. The molecule has 2 N–H and O–H groups in total. The molecular weight excluding hydrogens is 176 g/mol. The summed E-state index contributed by atoms with van der Waals surface area (Å²) in [7, 11) is 0. The Labute approximate surface area is 75.4 Å². The number of thiocarbonyl (C=S) groups is 1. The van der Waals surface area contributed by atoms with Gasteiger partial charge in [0.25, 0.3) is 0 Å². The number of aromatic nitrogens is 1. The molecular formula is C7H10N2S2. The Kier molecular flexibility index (Phi) is 2.57. The van der Waals surface area contributed by atoms with Crippen molar-refractivity contribution >= 4 is 28.5 Å². The third-order valence-corrected chi connectivity index (χ3v) is 3.04. The Morgan fingerprint density at radius 1 is 1.73 bits per heavy atom. The van der Waals surface area contributed by atoms with Gasteiger partial charge in [0.2, 0.25) is 0 Å². The third kappa shape index (κ3) is 1.75. The van der Waals surface area contributed by atoms with Crippen LogP contribution in [0, 0.1) is 6.92 Å². The summed E-state index contributed by atoms with van der Waals surface area (Å²) < 4.78 is 0. The van der Waals surface area contributed by atoms with Gasteiger partial charge in [-0.05, 0) is 13.3 Å². The molecule has 0 fully saturated rings. The first-order valence-corrected chi connectivity index (χ1v) is 4.63. The molecule has 1 rings (SSSR count). The van der Waals surface area contributed by atoms with Gasteiger partial charge < -0.3 is 5.73 Å². The van der Waals surface area contributed by atoms with Crippen LogP contribution in [0.4, 0.5) is 0 Å². The molecule has 1 aromatic rings. The van der Waals surface area contributed by atoms with E-state index < -0.39 is 0 Å². The normalized spacial score (nSPS) is 10.0. The van der Waals surface area contributed by atoms with E-state index in [2.05, 4.69) is 11.9 Å². The Hall–Kier alpha value is -0.480. The number of aryl methyl sites for hydroxylation is 2.